The molecule has 1 aromatic carbocycles. The van der Waals surface area contributed by atoms with Gasteiger partial charge in [-0.15, -0.1) is 0 Å². The fraction of sp³-hybridized carbons (Fsp3) is 0.263. The first-order valence-corrected chi connectivity index (χ1v) is 8.32. The number of aryl methyl sites for hydroxylation is 1. The summed E-state index contributed by atoms with van der Waals surface area (Å²) >= 11 is 0. The Kier molecular flexibility index (Phi) is 5.51. The molecule has 0 aliphatic heterocycles. The molecule has 2 heterocycles. The molecule has 0 aliphatic rings. The molecule has 0 bridgehead atoms. The molecule has 0 saturated heterocycles. The maximum Gasteiger partial charge on any atom is 0.191 e. The molecule has 0 saturated carbocycles. The first kappa shape index (κ1) is 16.8. The number of benzene rings is 1. The van der Waals surface area contributed by atoms with Crippen LogP contribution in [0.2, 0.25) is 0 Å². The van der Waals surface area contributed by atoms with Gasteiger partial charge < -0.3 is 19.8 Å². The lowest BCUT2D eigenvalue weighted by Crippen LogP contribution is -2.38. The Labute approximate surface area is 147 Å². The normalized spacial score (nSPS) is 11.5. The van der Waals surface area contributed by atoms with E-state index in [0.29, 0.717) is 19.7 Å². The Morgan fingerprint density at radius 2 is 1.96 bits per heavy atom. The maximum absolute atomic E-state index is 5.66. The van der Waals surface area contributed by atoms with Crippen LogP contribution in [0.1, 0.15) is 11.4 Å². The van der Waals surface area contributed by atoms with Gasteiger partial charge in [-0.25, -0.2) is 4.98 Å². The van der Waals surface area contributed by atoms with Crippen molar-refractivity contribution in [1.82, 2.24) is 20.0 Å². The molecule has 2 aromatic heterocycles. The molecular formula is C19H23N5O. The van der Waals surface area contributed by atoms with E-state index in [9.17, 15) is 0 Å². The van der Waals surface area contributed by atoms with Crippen molar-refractivity contribution in [2.45, 2.75) is 13.5 Å². The lowest BCUT2D eigenvalue weighted by Gasteiger charge is -2.11. The molecule has 3 aromatic rings. The first-order chi connectivity index (χ1) is 12.3. The summed E-state index contributed by atoms with van der Waals surface area (Å²) in [6.07, 6.45) is 2.05. The zero-order chi connectivity index (χ0) is 17.5. The second-order valence-corrected chi connectivity index (χ2v) is 5.64. The number of hydrogen-bond acceptors (Lipinski definition) is 3. The van der Waals surface area contributed by atoms with E-state index in [2.05, 4.69) is 38.0 Å². The van der Waals surface area contributed by atoms with Crippen molar-refractivity contribution in [2.75, 3.05) is 20.2 Å². The van der Waals surface area contributed by atoms with E-state index in [1.807, 2.05) is 48.7 Å². The summed E-state index contributed by atoms with van der Waals surface area (Å²) in [7, 11) is 1.75. The number of pyridine rings is 1. The number of hydrogen-bond donors (Lipinski definition) is 2. The predicted molar refractivity (Wildman–Crippen MR) is 100 cm³/mol. The molecule has 3 rings (SSSR count). The third kappa shape index (κ3) is 4.50. The highest BCUT2D eigenvalue weighted by atomic mass is 16.5. The monoisotopic (exact) mass is 337 g/mol. The first-order valence-electron chi connectivity index (χ1n) is 8.32. The third-order valence-corrected chi connectivity index (χ3v) is 3.81. The van der Waals surface area contributed by atoms with E-state index in [1.54, 1.807) is 7.05 Å². The summed E-state index contributed by atoms with van der Waals surface area (Å²) in [6, 6.07) is 15.9. The molecule has 0 aliphatic carbocycles. The highest BCUT2D eigenvalue weighted by Gasteiger charge is 2.04. The molecule has 0 fully saturated rings. The van der Waals surface area contributed by atoms with Crippen LogP contribution in [-0.4, -0.2) is 35.5 Å². The van der Waals surface area contributed by atoms with Crippen LogP contribution in [-0.2, 0) is 6.54 Å². The van der Waals surface area contributed by atoms with Crippen molar-refractivity contribution >= 4 is 11.6 Å². The number of aliphatic imine (C=N–C) groups is 1. The molecule has 6 nitrogen and oxygen atoms in total. The van der Waals surface area contributed by atoms with Gasteiger partial charge in [0, 0.05) is 18.9 Å². The van der Waals surface area contributed by atoms with Gasteiger partial charge in [-0.3, -0.25) is 4.99 Å². The minimum absolute atomic E-state index is 0.568. The molecule has 0 atom stereocenters. The highest BCUT2D eigenvalue weighted by Crippen LogP contribution is 2.08. The lowest BCUT2D eigenvalue weighted by atomic mass is 10.3. The zero-order valence-corrected chi connectivity index (χ0v) is 14.6. The van der Waals surface area contributed by atoms with E-state index in [1.165, 1.54) is 0 Å². The molecule has 0 unspecified atom stereocenters. The number of para-hydroxylation sites is 1. The number of guanidine groups is 1. The summed E-state index contributed by atoms with van der Waals surface area (Å²) in [5.41, 5.74) is 3.09. The largest absolute Gasteiger partial charge is 0.492 e. The van der Waals surface area contributed by atoms with Crippen LogP contribution >= 0.6 is 0 Å². The molecular weight excluding hydrogens is 314 g/mol. The van der Waals surface area contributed by atoms with Crippen LogP contribution in [0.4, 0.5) is 0 Å². The van der Waals surface area contributed by atoms with Gasteiger partial charge in [0.25, 0.3) is 0 Å². The van der Waals surface area contributed by atoms with Crippen LogP contribution in [0.15, 0.2) is 59.7 Å². The molecule has 6 heteroatoms. The van der Waals surface area contributed by atoms with E-state index < -0.39 is 0 Å². The average molecular weight is 337 g/mol. The van der Waals surface area contributed by atoms with E-state index in [0.717, 1.165) is 28.7 Å². The van der Waals surface area contributed by atoms with Gasteiger partial charge in [0.05, 0.1) is 18.8 Å². The number of aromatic nitrogens is 2. The second-order valence-electron chi connectivity index (χ2n) is 5.64. The number of nitrogens with zero attached hydrogens (tertiary/aromatic N) is 3. The molecule has 0 amide bonds. The quantitative estimate of drug-likeness (QED) is 0.412. The number of ether oxygens (including phenoxy) is 1. The van der Waals surface area contributed by atoms with E-state index >= 15 is 0 Å². The van der Waals surface area contributed by atoms with Gasteiger partial charge in [-0.2, -0.15) is 0 Å². The second kappa shape index (κ2) is 8.19. The Bertz CT molecular complexity index is 841. The van der Waals surface area contributed by atoms with Crippen LogP contribution in [0, 0.1) is 6.92 Å². The van der Waals surface area contributed by atoms with Gasteiger partial charge >= 0.3 is 0 Å². The number of rotatable bonds is 6. The van der Waals surface area contributed by atoms with Gasteiger partial charge in [0.2, 0.25) is 0 Å². The molecule has 25 heavy (non-hydrogen) atoms. The standard InChI is InChI=1S/C19H23N5O/c1-15-7-6-10-18-23-16(14-24(15)18)13-22-19(20-2)21-11-12-25-17-8-4-3-5-9-17/h3-10,14H,11-13H2,1-2H3,(H2,20,21,22). The van der Waals surface area contributed by atoms with Crippen LogP contribution in [0.25, 0.3) is 5.65 Å². The summed E-state index contributed by atoms with van der Waals surface area (Å²) in [5.74, 6) is 1.60. The highest BCUT2D eigenvalue weighted by molar-refractivity contribution is 5.79. The van der Waals surface area contributed by atoms with Crippen LogP contribution < -0.4 is 15.4 Å². The lowest BCUT2D eigenvalue weighted by molar-refractivity contribution is 0.322. The summed E-state index contributed by atoms with van der Waals surface area (Å²) in [4.78, 5) is 8.83. The van der Waals surface area contributed by atoms with Gasteiger partial charge in [0.1, 0.15) is 18.0 Å². The fourth-order valence-electron chi connectivity index (χ4n) is 2.53. The molecule has 0 spiro atoms. The minimum atomic E-state index is 0.568. The Hall–Kier alpha value is -3.02. The fourth-order valence-corrected chi connectivity index (χ4v) is 2.53. The summed E-state index contributed by atoms with van der Waals surface area (Å²) in [5, 5.41) is 6.51. The van der Waals surface area contributed by atoms with Crippen molar-refractivity contribution in [3.63, 3.8) is 0 Å². The number of fused-ring (bicyclic) bond motifs is 1. The Balaban J connectivity index is 1.46. The summed E-state index contributed by atoms with van der Waals surface area (Å²) < 4.78 is 7.74. The Morgan fingerprint density at radius 3 is 2.72 bits per heavy atom. The molecule has 0 radical (unpaired) electrons. The average Bonchev–Trinajstić information content (AvgIpc) is 3.06. The number of imidazole rings is 1. The van der Waals surface area contributed by atoms with E-state index in [4.69, 9.17) is 4.74 Å². The van der Waals surface area contributed by atoms with Crippen LogP contribution in [0.3, 0.4) is 0 Å². The summed E-state index contributed by atoms with van der Waals surface area (Å²) in [6.45, 7) is 3.91. The van der Waals surface area contributed by atoms with Crippen molar-refractivity contribution in [3.8, 4) is 5.75 Å². The van der Waals surface area contributed by atoms with Gasteiger partial charge in [-0.1, -0.05) is 24.3 Å². The zero-order valence-electron chi connectivity index (χ0n) is 14.6. The van der Waals surface area contributed by atoms with Crippen molar-refractivity contribution in [3.05, 3.63) is 66.1 Å². The molecule has 130 valence electrons. The van der Waals surface area contributed by atoms with Crippen molar-refractivity contribution in [1.29, 1.82) is 0 Å². The maximum atomic E-state index is 5.66. The van der Waals surface area contributed by atoms with Crippen molar-refractivity contribution in [2.24, 2.45) is 4.99 Å². The van der Waals surface area contributed by atoms with E-state index in [-0.39, 0.29) is 0 Å². The Morgan fingerprint density at radius 1 is 1.12 bits per heavy atom. The topological polar surface area (TPSA) is 63.0 Å². The van der Waals surface area contributed by atoms with Gasteiger partial charge in [-0.05, 0) is 31.2 Å². The smallest absolute Gasteiger partial charge is 0.191 e. The minimum Gasteiger partial charge on any atom is -0.492 e. The predicted octanol–water partition coefficient (Wildman–Crippen LogP) is 2.39. The SMILES string of the molecule is CN=C(NCCOc1ccccc1)NCc1cn2c(C)cccc2n1. The van der Waals surface area contributed by atoms with Gasteiger partial charge in [0.15, 0.2) is 5.96 Å². The third-order valence-electron chi connectivity index (χ3n) is 3.81. The van der Waals surface area contributed by atoms with Crippen molar-refractivity contribution < 1.29 is 4.74 Å². The molecule has 2 N–H and O–H groups in total. The van der Waals surface area contributed by atoms with Crippen LogP contribution in [0.5, 0.6) is 5.75 Å². The number of nitrogens with one attached hydrogen (secondary N) is 2.